The van der Waals surface area contributed by atoms with Gasteiger partial charge in [-0.3, -0.25) is 0 Å². The second-order valence-corrected chi connectivity index (χ2v) is 4.97. The van der Waals surface area contributed by atoms with Gasteiger partial charge in [-0.05, 0) is 37.1 Å². The summed E-state index contributed by atoms with van der Waals surface area (Å²) in [6.45, 7) is 0.818. The molecule has 0 aromatic heterocycles. The second-order valence-electron chi connectivity index (χ2n) is 4.97. The number of benzene rings is 1. The normalized spacial score (nSPS) is 22.2. The van der Waals surface area contributed by atoms with E-state index in [0.29, 0.717) is 5.56 Å². The first-order valence-corrected chi connectivity index (χ1v) is 6.50. The second kappa shape index (κ2) is 5.90. The van der Waals surface area contributed by atoms with Gasteiger partial charge in [-0.1, -0.05) is 18.6 Å². The van der Waals surface area contributed by atoms with Crippen LogP contribution in [0.1, 0.15) is 30.4 Å². The number of hydrogen-bond acceptors (Lipinski definition) is 1. The molecule has 0 radical (unpaired) electrons. The summed E-state index contributed by atoms with van der Waals surface area (Å²) in [6.07, 6.45) is -2.36. The topological polar surface area (TPSA) is 12.0 Å². The number of piperidine rings is 1. The molecular weight excluding hydrogens is 258 g/mol. The first-order chi connectivity index (χ1) is 8.97. The van der Waals surface area contributed by atoms with E-state index in [4.69, 9.17) is 0 Å². The quantitative estimate of drug-likeness (QED) is 0.829. The van der Waals surface area contributed by atoms with Crippen LogP contribution in [0.4, 0.5) is 17.6 Å². The Kier molecular flexibility index (Phi) is 4.45. The number of alkyl halides is 4. The fourth-order valence-electron chi connectivity index (χ4n) is 2.38. The zero-order chi connectivity index (χ0) is 13.9. The third-order valence-corrected chi connectivity index (χ3v) is 3.50. The van der Waals surface area contributed by atoms with Crippen molar-refractivity contribution in [2.24, 2.45) is 0 Å². The van der Waals surface area contributed by atoms with Crippen molar-refractivity contribution in [1.29, 1.82) is 0 Å². The maximum Gasteiger partial charge on any atom is 0.416 e. The lowest BCUT2D eigenvalue weighted by Crippen LogP contribution is -2.42. The summed E-state index contributed by atoms with van der Waals surface area (Å²) in [6, 6.07) is 4.57. The molecule has 1 aromatic rings. The van der Waals surface area contributed by atoms with Crippen LogP contribution in [0.2, 0.25) is 0 Å². The lowest BCUT2D eigenvalue weighted by atomic mass is 9.96. The van der Waals surface area contributed by atoms with Gasteiger partial charge in [0.2, 0.25) is 0 Å². The Balaban J connectivity index is 1.95. The van der Waals surface area contributed by atoms with Crippen molar-refractivity contribution in [3.63, 3.8) is 0 Å². The maximum absolute atomic E-state index is 14.0. The van der Waals surface area contributed by atoms with E-state index < -0.39 is 17.9 Å². The molecule has 0 bridgehead atoms. The average Bonchev–Trinajstić information content (AvgIpc) is 2.39. The summed E-state index contributed by atoms with van der Waals surface area (Å²) in [5, 5.41) is 3.12. The standard InChI is InChI=1S/C14H17F4N/c15-12(13-3-1-2-8-19-13)9-10-4-6-11(7-5-10)14(16,17)18/h4-7,12-13,19H,1-3,8-9H2. The molecule has 106 valence electrons. The Labute approximate surface area is 110 Å². The fourth-order valence-corrected chi connectivity index (χ4v) is 2.38. The van der Waals surface area contributed by atoms with Gasteiger partial charge in [0.25, 0.3) is 0 Å². The first-order valence-electron chi connectivity index (χ1n) is 6.50. The third kappa shape index (κ3) is 3.93. The van der Waals surface area contributed by atoms with E-state index in [1.807, 2.05) is 0 Å². The minimum Gasteiger partial charge on any atom is -0.311 e. The minimum atomic E-state index is -4.33. The smallest absolute Gasteiger partial charge is 0.311 e. The first kappa shape index (κ1) is 14.3. The van der Waals surface area contributed by atoms with Crippen LogP contribution in [-0.2, 0) is 12.6 Å². The van der Waals surface area contributed by atoms with Gasteiger partial charge in [-0.25, -0.2) is 4.39 Å². The molecular formula is C14H17F4N. The van der Waals surface area contributed by atoms with E-state index in [1.165, 1.54) is 12.1 Å². The predicted octanol–water partition coefficient (Wildman–Crippen LogP) is 3.73. The molecule has 2 rings (SSSR count). The van der Waals surface area contributed by atoms with E-state index in [-0.39, 0.29) is 12.5 Å². The number of halogens is 4. The highest BCUT2D eigenvalue weighted by Crippen LogP contribution is 2.29. The molecule has 1 heterocycles. The largest absolute Gasteiger partial charge is 0.416 e. The van der Waals surface area contributed by atoms with Crippen LogP contribution in [-0.4, -0.2) is 18.8 Å². The van der Waals surface area contributed by atoms with Gasteiger partial charge in [-0.2, -0.15) is 13.2 Å². The maximum atomic E-state index is 14.0. The molecule has 0 aliphatic carbocycles. The summed E-state index contributed by atoms with van der Waals surface area (Å²) < 4.78 is 51.2. The van der Waals surface area contributed by atoms with Gasteiger partial charge in [0.15, 0.2) is 0 Å². The summed E-state index contributed by atoms with van der Waals surface area (Å²) in [5.41, 5.74) is -0.0877. The Morgan fingerprint density at radius 1 is 1.16 bits per heavy atom. The van der Waals surface area contributed by atoms with Crippen LogP contribution in [0, 0.1) is 0 Å². The summed E-state index contributed by atoms with van der Waals surface area (Å²) in [7, 11) is 0. The van der Waals surface area contributed by atoms with Crippen LogP contribution in [0.5, 0.6) is 0 Å². The summed E-state index contributed by atoms with van der Waals surface area (Å²) in [5.74, 6) is 0. The van der Waals surface area contributed by atoms with Crippen molar-refractivity contribution in [2.75, 3.05) is 6.54 Å². The number of rotatable bonds is 3. The van der Waals surface area contributed by atoms with Crippen molar-refractivity contribution >= 4 is 0 Å². The van der Waals surface area contributed by atoms with Gasteiger partial charge >= 0.3 is 6.18 Å². The van der Waals surface area contributed by atoms with Gasteiger partial charge < -0.3 is 5.32 Å². The van der Waals surface area contributed by atoms with Crippen molar-refractivity contribution < 1.29 is 17.6 Å². The molecule has 0 spiro atoms. The highest BCUT2D eigenvalue weighted by molar-refractivity contribution is 5.25. The van der Waals surface area contributed by atoms with E-state index in [2.05, 4.69) is 5.32 Å². The number of nitrogens with one attached hydrogen (secondary N) is 1. The van der Waals surface area contributed by atoms with Crippen molar-refractivity contribution in [3.05, 3.63) is 35.4 Å². The molecule has 2 unspecified atom stereocenters. The fraction of sp³-hybridized carbons (Fsp3) is 0.571. The molecule has 1 aromatic carbocycles. The highest BCUT2D eigenvalue weighted by atomic mass is 19.4. The Morgan fingerprint density at radius 3 is 2.37 bits per heavy atom. The van der Waals surface area contributed by atoms with Crippen LogP contribution in [0.25, 0.3) is 0 Å². The molecule has 2 atom stereocenters. The molecule has 5 heteroatoms. The van der Waals surface area contributed by atoms with E-state index in [9.17, 15) is 17.6 Å². The Hall–Kier alpha value is -1.10. The zero-order valence-corrected chi connectivity index (χ0v) is 10.5. The zero-order valence-electron chi connectivity index (χ0n) is 10.5. The monoisotopic (exact) mass is 275 g/mol. The van der Waals surface area contributed by atoms with Gasteiger partial charge in [0.05, 0.1) is 5.56 Å². The lowest BCUT2D eigenvalue weighted by molar-refractivity contribution is -0.137. The third-order valence-electron chi connectivity index (χ3n) is 3.50. The molecule has 0 saturated carbocycles. The molecule has 19 heavy (non-hydrogen) atoms. The van der Waals surface area contributed by atoms with E-state index in [1.54, 1.807) is 0 Å². The van der Waals surface area contributed by atoms with Crippen LogP contribution < -0.4 is 5.32 Å². The van der Waals surface area contributed by atoms with Crippen molar-refractivity contribution in [3.8, 4) is 0 Å². The molecule has 0 amide bonds. The van der Waals surface area contributed by atoms with Crippen molar-refractivity contribution in [2.45, 2.75) is 44.1 Å². The molecule has 1 nitrogen and oxygen atoms in total. The van der Waals surface area contributed by atoms with Crippen LogP contribution >= 0.6 is 0 Å². The summed E-state index contributed by atoms with van der Waals surface area (Å²) in [4.78, 5) is 0. The van der Waals surface area contributed by atoms with Crippen LogP contribution in [0.3, 0.4) is 0 Å². The lowest BCUT2D eigenvalue weighted by Gasteiger charge is -2.26. The van der Waals surface area contributed by atoms with Gasteiger partial charge in [0, 0.05) is 12.5 Å². The average molecular weight is 275 g/mol. The van der Waals surface area contributed by atoms with Crippen molar-refractivity contribution in [1.82, 2.24) is 5.32 Å². The summed E-state index contributed by atoms with van der Waals surface area (Å²) >= 11 is 0. The molecule has 1 fully saturated rings. The van der Waals surface area contributed by atoms with Gasteiger partial charge in [0.1, 0.15) is 6.17 Å². The molecule has 1 aliphatic heterocycles. The predicted molar refractivity (Wildman–Crippen MR) is 65.7 cm³/mol. The Morgan fingerprint density at radius 2 is 1.84 bits per heavy atom. The Bertz CT molecular complexity index is 393. The van der Waals surface area contributed by atoms with Crippen LogP contribution in [0.15, 0.2) is 24.3 Å². The molecule has 1 N–H and O–H groups in total. The molecule has 1 aliphatic rings. The highest BCUT2D eigenvalue weighted by Gasteiger charge is 2.30. The van der Waals surface area contributed by atoms with E-state index in [0.717, 1.165) is 37.9 Å². The number of hydrogen-bond donors (Lipinski definition) is 1. The molecule has 1 saturated heterocycles. The SMILES string of the molecule is FC(Cc1ccc(C(F)(F)F)cc1)C1CCCCN1. The minimum absolute atomic E-state index is 0.163. The van der Waals surface area contributed by atoms with E-state index >= 15 is 0 Å². The van der Waals surface area contributed by atoms with Gasteiger partial charge in [-0.15, -0.1) is 0 Å².